The Morgan fingerprint density at radius 3 is 2.56 bits per heavy atom. The zero-order chi connectivity index (χ0) is 13.5. The first-order valence-corrected chi connectivity index (χ1v) is 6.75. The van der Waals surface area contributed by atoms with Crippen LogP contribution >= 0.6 is 27.5 Å². The monoisotopic (exact) mass is 334 g/mol. The molecule has 0 aliphatic heterocycles. The van der Waals surface area contributed by atoms with E-state index in [1.54, 1.807) is 19.1 Å². The number of benzene rings is 1. The summed E-state index contributed by atoms with van der Waals surface area (Å²) >= 11 is 9.00. The topological polar surface area (TPSA) is 26.3 Å². The third-order valence-corrected chi connectivity index (χ3v) is 3.51. The van der Waals surface area contributed by atoms with Crippen molar-refractivity contribution < 1.29 is 13.9 Å². The Morgan fingerprint density at radius 2 is 2.06 bits per heavy atom. The lowest BCUT2D eigenvalue weighted by molar-refractivity contribution is -0.147. The fourth-order valence-electron chi connectivity index (χ4n) is 1.37. The Balaban J connectivity index is 3.04. The second-order valence-electron chi connectivity index (χ2n) is 3.45. The van der Waals surface area contributed by atoms with E-state index in [0.29, 0.717) is 4.48 Å². The maximum absolute atomic E-state index is 13.9. The molecule has 0 aliphatic carbocycles. The van der Waals surface area contributed by atoms with Crippen molar-refractivity contribution in [2.75, 3.05) is 12.5 Å². The minimum absolute atomic E-state index is 0.0878. The SMILES string of the molecule is CCOC(=O)C(F)C(CCl)=C(Br)c1ccccc1. The maximum Gasteiger partial charge on any atom is 0.345 e. The van der Waals surface area contributed by atoms with Gasteiger partial charge in [0.1, 0.15) is 0 Å². The van der Waals surface area contributed by atoms with E-state index in [1.807, 2.05) is 18.2 Å². The van der Waals surface area contributed by atoms with Crippen LogP contribution in [0.25, 0.3) is 4.48 Å². The molecular weight excluding hydrogens is 322 g/mol. The van der Waals surface area contributed by atoms with E-state index >= 15 is 0 Å². The van der Waals surface area contributed by atoms with Gasteiger partial charge in [0.15, 0.2) is 0 Å². The lowest BCUT2D eigenvalue weighted by atomic mass is 10.1. The van der Waals surface area contributed by atoms with Crippen LogP contribution < -0.4 is 0 Å². The van der Waals surface area contributed by atoms with Gasteiger partial charge in [-0.3, -0.25) is 0 Å². The van der Waals surface area contributed by atoms with E-state index in [-0.39, 0.29) is 18.1 Å². The predicted molar refractivity (Wildman–Crippen MR) is 74.5 cm³/mol. The Bertz CT molecular complexity index is 434. The summed E-state index contributed by atoms with van der Waals surface area (Å²) in [7, 11) is 0. The molecule has 1 aromatic carbocycles. The summed E-state index contributed by atoms with van der Waals surface area (Å²) in [4.78, 5) is 11.4. The zero-order valence-corrected chi connectivity index (χ0v) is 12.2. The highest BCUT2D eigenvalue weighted by Gasteiger charge is 2.25. The molecule has 0 fully saturated rings. The van der Waals surface area contributed by atoms with Gasteiger partial charge in [-0.15, -0.1) is 11.6 Å². The van der Waals surface area contributed by atoms with Crippen molar-refractivity contribution in [2.24, 2.45) is 0 Å². The van der Waals surface area contributed by atoms with Crippen LogP contribution in [-0.4, -0.2) is 24.6 Å². The Morgan fingerprint density at radius 1 is 1.44 bits per heavy atom. The maximum atomic E-state index is 13.9. The molecule has 1 unspecified atom stereocenters. The zero-order valence-electron chi connectivity index (χ0n) is 9.83. The fraction of sp³-hybridized carbons (Fsp3) is 0.308. The molecular formula is C13H13BrClFO2. The molecule has 0 N–H and O–H groups in total. The third-order valence-electron chi connectivity index (χ3n) is 2.25. The quantitative estimate of drug-likeness (QED) is 0.602. The number of hydrogen-bond donors (Lipinski definition) is 0. The summed E-state index contributed by atoms with van der Waals surface area (Å²) in [5.41, 5.74) is 0.932. The van der Waals surface area contributed by atoms with E-state index in [4.69, 9.17) is 11.6 Å². The number of carbonyl (C=O) groups is 1. The van der Waals surface area contributed by atoms with Crippen LogP contribution in [0.15, 0.2) is 35.9 Å². The average Bonchev–Trinajstić information content (AvgIpc) is 2.40. The summed E-state index contributed by atoms with van der Waals surface area (Å²) < 4.78 is 19.1. The minimum Gasteiger partial charge on any atom is -0.464 e. The van der Waals surface area contributed by atoms with Gasteiger partial charge in [-0.25, -0.2) is 9.18 Å². The molecule has 0 aromatic heterocycles. The molecule has 0 saturated heterocycles. The number of esters is 1. The summed E-state index contributed by atoms with van der Waals surface area (Å²) in [6.07, 6.45) is -1.85. The molecule has 0 bridgehead atoms. The number of carbonyl (C=O) groups excluding carboxylic acids is 1. The highest BCUT2D eigenvalue weighted by Crippen LogP contribution is 2.29. The van der Waals surface area contributed by atoms with Gasteiger partial charge in [0.2, 0.25) is 6.17 Å². The smallest absolute Gasteiger partial charge is 0.345 e. The first-order valence-electron chi connectivity index (χ1n) is 5.42. The van der Waals surface area contributed by atoms with Gasteiger partial charge < -0.3 is 4.74 Å². The van der Waals surface area contributed by atoms with Crippen LogP contribution in [0.4, 0.5) is 4.39 Å². The molecule has 0 spiro atoms. The molecule has 0 heterocycles. The highest BCUT2D eigenvalue weighted by molar-refractivity contribution is 9.15. The van der Waals surface area contributed by atoms with Crippen LogP contribution in [-0.2, 0) is 9.53 Å². The standard InChI is InChI=1S/C13H13BrClFO2/c1-2-18-13(17)12(16)10(8-15)11(14)9-6-4-3-5-7-9/h3-7,12H,2,8H2,1H3. The number of alkyl halides is 2. The van der Waals surface area contributed by atoms with Gasteiger partial charge in [-0.05, 0) is 12.5 Å². The molecule has 0 saturated carbocycles. The van der Waals surface area contributed by atoms with Crippen LogP contribution in [0, 0.1) is 0 Å². The second kappa shape index (κ2) is 7.54. The summed E-state index contributed by atoms with van der Waals surface area (Å²) in [5.74, 6) is -1.00. The van der Waals surface area contributed by atoms with Crippen LogP contribution in [0.3, 0.4) is 0 Å². The average molecular weight is 336 g/mol. The van der Waals surface area contributed by atoms with E-state index in [2.05, 4.69) is 20.7 Å². The normalized spacial score (nSPS) is 13.8. The lowest BCUT2D eigenvalue weighted by Crippen LogP contribution is -2.22. The summed E-state index contributed by atoms with van der Waals surface area (Å²) in [6, 6.07) is 9.09. The molecule has 1 atom stereocenters. The van der Waals surface area contributed by atoms with Gasteiger partial charge in [0.25, 0.3) is 0 Å². The van der Waals surface area contributed by atoms with E-state index in [9.17, 15) is 9.18 Å². The van der Waals surface area contributed by atoms with E-state index < -0.39 is 12.1 Å². The second-order valence-corrected chi connectivity index (χ2v) is 4.51. The largest absolute Gasteiger partial charge is 0.464 e. The van der Waals surface area contributed by atoms with Crippen LogP contribution in [0.5, 0.6) is 0 Å². The predicted octanol–water partition coefficient (Wildman–Crippen LogP) is 3.93. The van der Waals surface area contributed by atoms with Gasteiger partial charge in [-0.2, -0.15) is 0 Å². The van der Waals surface area contributed by atoms with Crippen molar-refractivity contribution in [3.05, 3.63) is 41.5 Å². The molecule has 5 heteroatoms. The van der Waals surface area contributed by atoms with Gasteiger partial charge in [-0.1, -0.05) is 46.3 Å². The molecule has 2 nitrogen and oxygen atoms in total. The third kappa shape index (κ3) is 3.82. The first kappa shape index (κ1) is 15.2. The van der Waals surface area contributed by atoms with E-state index in [1.165, 1.54) is 0 Å². The molecule has 1 aromatic rings. The van der Waals surface area contributed by atoms with Crippen LogP contribution in [0.2, 0.25) is 0 Å². The van der Waals surface area contributed by atoms with Crippen molar-refractivity contribution in [3.8, 4) is 0 Å². The Labute approximate surface area is 119 Å². The van der Waals surface area contributed by atoms with Crippen molar-refractivity contribution in [3.63, 3.8) is 0 Å². The molecule has 18 heavy (non-hydrogen) atoms. The minimum atomic E-state index is -1.85. The van der Waals surface area contributed by atoms with Crippen molar-refractivity contribution >= 4 is 38.0 Å². The molecule has 1 rings (SSSR count). The van der Waals surface area contributed by atoms with Gasteiger partial charge in [0.05, 0.1) is 6.61 Å². The number of halogens is 3. The number of hydrogen-bond acceptors (Lipinski definition) is 2. The van der Waals surface area contributed by atoms with Gasteiger partial charge in [0, 0.05) is 15.9 Å². The van der Waals surface area contributed by atoms with Crippen molar-refractivity contribution in [1.29, 1.82) is 0 Å². The van der Waals surface area contributed by atoms with Crippen LogP contribution in [0.1, 0.15) is 12.5 Å². The highest BCUT2D eigenvalue weighted by atomic mass is 79.9. The number of ether oxygens (including phenoxy) is 1. The Kier molecular flexibility index (Phi) is 6.36. The molecule has 98 valence electrons. The molecule has 0 aliphatic rings. The summed E-state index contributed by atoms with van der Waals surface area (Å²) in [6.45, 7) is 1.76. The van der Waals surface area contributed by atoms with Crippen molar-refractivity contribution in [1.82, 2.24) is 0 Å². The van der Waals surface area contributed by atoms with E-state index in [0.717, 1.165) is 5.56 Å². The Hall–Kier alpha value is -0.870. The molecule has 0 radical (unpaired) electrons. The van der Waals surface area contributed by atoms with Gasteiger partial charge >= 0.3 is 5.97 Å². The lowest BCUT2D eigenvalue weighted by Gasteiger charge is -2.12. The summed E-state index contributed by atoms with van der Waals surface area (Å²) in [5, 5.41) is 0. The fourth-order valence-corrected chi connectivity index (χ4v) is 2.40. The molecule has 0 amide bonds. The number of rotatable bonds is 5. The van der Waals surface area contributed by atoms with Crippen molar-refractivity contribution in [2.45, 2.75) is 13.1 Å². The first-order chi connectivity index (χ1) is 8.61.